The van der Waals surface area contributed by atoms with Crippen molar-refractivity contribution in [1.29, 1.82) is 0 Å². The van der Waals surface area contributed by atoms with Gasteiger partial charge in [0.25, 0.3) is 5.91 Å². The number of nitrogens with one attached hydrogen (secondary N) is 2. The number of amides is 2. The van der Waals surface area contributed by atoms with E-state index in [2.05, 4.69) is 36.3 Å². The largest absolute Gasteiger partial charge is 0.424 e. The van der Waals surface area contributed by atoms with Crippen LogP contribution in [-0.2, 0) is 54.1 Å². The Morgan fingerprint density at radius 3 is 2.18 bits per heavy atom. The Morgan fingerprint density at radius 1 is 0.844 bits per heavy atom. The van der Waals surface area contributed by atoms with E-state index in [4.69, 9.17) is 33.3 Å². The number of carbonyl (C=O) groups excluding carboxylic acids is 6. The molecule has 13 heteroatoms. The highest BCUT2D eigenvalue weighted by Crippen LogP contribution is 2.28. The van der Waals surface area contributed by atoms with Crippen LogP contribution in [0.3, 0.4) is 0 Å². The van der Waals surface area contributed by atoms with E-state index < -0.39 is 11.9 Å². The summed E-state index contributed by atoms with van der Waals surface area (Å²) in [4.78, 5) is 64.9. The van der Waals surface area contributed by atoms with Crippen LogP contribution in [0.4, 0.5) is 5.69 Å². The highest BCUT2D eigenvalue weighted by atomic mass is 16.5. The Morgan fingerprint density at radius 2 is 1.49 bits per heavy atom. The zero-order valence-electron chi connectivity index (χ0n) is 26.1. The number of rotatable bonds is 4. The third-order valence-corrected chi connectivity index (χ3v) is 6.12. The molecule has 1 aliphatic heterocycles. The highest BCUT2D eigenvalue weighted by Gasteiger charge is 2.14. The Hall–Kier alpha value is -3.92. The van der Waals surface area contributed by atoms with Gasteiger partial charge in [-0.1, -0.05) is 32.8 Å². The van der Waals surface area contributed by atoms with Crippen molar-refractivity contribution in [3.8, 4) is 17.6 Å². The van der Waals surface area contributed by atoms with Crippen LogP contribution in [0.25, 0.3) is 0 Å². The highest BCUT2D eigenvalue weighted by molar-refractivity contribution is 6.03. The maximum atomic E-state index is 12.7. The molecule has 13 nitrogen and oxygen atoms in total. The lowest BCUT2D eigenvalue weighted by Gasteiger charge is -2.15. The minimum atomic E-state index is -0.552. The number of ketones is 1. The van der Waals surface area contributed by atoms with E-state index in [1.54, 1.807) is 6.07 Å². The summed E-state index contributed by atoms with van der Waals surface area (Å²) >= 11 is 0. The van der Waals surface area contributed by atoms with Crippen molar-refractivity contribution >= 4 is 35.4 Å². The number of anilines is 1. The molecule has 0 saturated carbocycles. The normalized spacial score (nSPS) is 17.9. The van der Waals surface area contributed by atoms with Crippen molar-refractivity contribution in [1.82, 2.24) is 5.32 Å². The maximum Gasteiger partial charge on any atom is 0.373 e. The summed E-state index contributed by atoms with van der Waals surface area (Å²) in [5.41, 5.74) is 1.48. The van der Waals surface area contributed by atoms with E-state index in [0.717, 1.165) is 24.8 Å². The second-order valence-corrected chi connectivity index (χ2v) is 10.0. The van der Waals surface area contributed by atoms with Gasteiger partial charge in [0.05, 0.1) is 64.8 Å². The molecule has 0 radical (unpaired) electrons. The zero-order valence-corrected chi connectivity index (χ0v) is 26.1. The van der Waals surface area contributed by atoms with Gasteiger partial charge in [-0.15, -0.1) is 0 Å². The third-order valence-electron chi connectivity index (χ3n) is 6.12. The van der Waals surface area contributed by atoms with Gasteiger partial charge in [-0.05, 0) is 42.4 Å². The molecule has 248 valence electrons. The van der Waals surface area contributed by atoms with Gasteiger partial charge in [0, 0.05) is 25.5 Å². The number of benzene rings is 1. The fourth-order valence-corrected chi connectivity index (χ4v) is 4.04. The third kappa shape index (κ3) is 20.6. The average molecular weight is 633 g/mol. The van der Waals surface area contributed by atoms with Crippen molar-refractivity contribution in [2.45, 2.75) is 58.8 Å². The Balaban J connectivity index is 0.00000324. The summed E-state index contributed by atoms with van der Waals surface area (Å²) in [6.07, 6.45) is 4.05. The topological polar surface area (TPSA) is 173 Å². The lowest BCUT2D eigenvalue weighted by Crippen LogP contribution is -2.26. The predicted octanol–water partition coefficient (Wildman–Crippen LogP) is 2.25. The van der Waals surface area contributed by atoms with Crippen molar-refractivity contribution < 1.29 is 52.5 Å². The van der Waals surface area contributed by atoms with Gasteiger partial charge in [0.1, 0.15) is 0 Å². The van der Waals surface area contributed by atoms with Crippen LogP contribution < -0.4 is 15.4 Å². The molecule has 1 atom stereocenters. The van der Waals surface area contributed by atoms with Crippen LogP contribution >= 0.6 is 0 Å². The second kappa shape index (κ2) is 25.4. The monoisotopic (exact) mass is 632 g/mol. The number of ether oxygens (including phenoxy) is 5. The minimum Gasteiger partial charge on any atom is -0.424 e. The van der Waals surface area contributed by atoms with Gasteiger partial charge in [-0.2, -0.15) is 9.59 Å². The molecule has 1 aliphatic rings. The molecule has 0 aliphatic carbocycles. The van der Waals surface area contributed by atoms with Crippen LogP contribution in [0.5, 0.6) is 5.75 Å². The number of hydrogen-bond acceptors (Lipinski definition) is 11. The van der Waals surface area contributed by atoms with Crippen LogP contribution in [0.1, 0.15) is 57.9 Å². The van der Waals surface area contributed by atoms with Crippen LogP contribution in [0, 0.1) is 17.8 Å². The van der Waals surface area contributed by atoms with Crippen molar-refractivity contribution in [3.63, 3.8) is 0 Å². The Bertz CT molecular complexity index is 1150. The first-order chi connectivity index (χ1) is 21.8. The van der Waals surface area contributed by atoms with Gasteiger partial charge in [0.15, 0.2) is 5.75 Å². The molecule has 45 heavy (non-hydrogen) atoms. The lowest BCUT2D eigenvalue weighted by molar-refractivity contribution is -0.191. The summed E-state index contributed by atoms with van der Waals surface area (Å²) in [5.74, 6) is 3.68. The smallest absolute Gasteiger partial charge is 0.373 e. The van der Waals surface area contributed by atoms with Gasteiger partial charge < -0.3 is 34.3 Å². The van der Waals surface area contributed by atoms with E-state index >= 15 is 0 Å². The molecule has 2 amide bonds. The van der Waals surface area contributed by atoms with E-state index in [0.29, 0.717) is 31.2 Å². The maximum absolute atomic E-state index is 12.7. The van der Waals surface area contributed by atoms with Crippen LogP contribution in [0.15, 0.2) is 18.2 Å². The van der Waals surface area contributed by atoms with Crippen LogP contribution in [-0.4, -0.2) is 89.1 Å². The molecule has 0 aromatic heterocycles. The molecular weight excluding hydrogens is 588 g/mol. The fraction of sp³-hybridized carbons (Fsp3) is 0.594. The molecule has 0 bridgehead atoms. The average Bonchev–Trinajstić information content (AvgIpc) is 2.99. The molecule has 2 rings (SSSR count). The van der Waals surface area contributed by atoms with Crippen molar-refractivity contribution in [2.75, 3.05) is 64.7 Å². The van der Waals surface area contributed by atoms with E-state index in [9.17, 15) is 19.2 Å². The first kappa shape index (κ1) is 39.1. The molecular formula is C32H44N2O11. The molecule has 1 heterocycles. The van der Waals surface area contributed by atoms with Crippen molar-refractivity contribution in [3.05, 3.63) is 23.8 Å². The summed E-state index contributed by atoms with van der Waals surface area (Å²) in [6.45, 7) is 6.63. The summed E-state index contributed by atoms with van der Waals surface area (Å²) in [6, 6.07) is 5.48. The summed E-state index contributed by atoms with van der Waals surface area (Å²) < 4.78 is 27.3. The van der Waals surface area contributed by atoms with Crippen molar-refractivity contribution in [2.24, 2.45) is 5.92 Å². The standard InChI is InChI=1S/C31H44N2O9.CO2/c1-3-5-24(2)22-25-7-9-28-27(23-25)33-30(36)11-15-39-20-21-41-17-13-32-29(35)10-8-26(34)6-4-14-38-18-19-40-16-12-31(37)42-28;2-1-3/h7,9,23-24H,3-6,11-22H2,1-2H3,(H,32,35)(H,33,36);/t24-;/m1./s1. The molecule has 0 spiro atoms. The number of fused-ring (bicyclic) bond motifs is 1. The Kier molecular flexibility index (Phi) is 22.1. The minimum absolute atomic E-state index is 0.0271. The molecule has 0 fully saturated rings. The summed E-state index contributed by atoms with van der Waals surface area (Å²) in [7, 11) is 0. The number of carbonyl (C=O) groups is 4. The fourth-order valence-electron chi connectivity index (χ4n) is 4.04. The first-order valence-corrected chi connectivity index (χ1v) is 15.0. The van der Waals surface area contributed by atoms with Crippen LogP contribution in [0.2, 0.25) is 0 Å². The molecule has 1 aromatic carbocycles. The zero-order chi connectivity index (χ0) is 33.1. The molecule has 0 saturated heterocycles. The van der Waals surface area contributed by atoms with E-state index in [-0.39, 0.29) is 89.0 Å². The number of esters is 1. The lowest BCUT2D eigenvalue weighted by atomic mass is 9.96. The quantitative estimate of drug-likeness (QED) is 0.216. The first-order valence-electron chi connectivity index (χ1n) is 15.0. The second-order valence-electron chi connectivity index (χ2n) is 10.0. The van der Waals surface area contributed by atoms with Gasteiger partial charge >= 0.3 is 12.1 Å². The van der Waals surface area contributed by atoms with Gasteiger partial charge in [0.2, 0.25) is 11.7 Å². The Labute approximate surface area is 264 Å². The van der Waals surface area contributed by atoms with Gasteiger partial charge in [-0.25, -0.2) is 0 Å². The molecule has 1 aromatic rings. The predicted molar refractivity (Wildman–Crippen MR) is 161 cm³/mol. The van der Waals surface area contributed by atoms with E-state index in [1.165, 1.54) is 0 Å². The SMILES string of the molecule is CCC[C@@H](C)Cc1ccc2c(c1)NC(=O)CCOCCOCCNC(=O)C#CC(=O)CCCOCCOCCC(=O)O2.O=C=O. The number of Topliss-reactive ketones (excluding diaryl/α,β-unsaturated/α-hetero) is 1. The molecule has 0 unspecified atom stereocenters. The molecule has 2 N–H and O–H groups in total. The van der Waals surface area contributed by atoms with Gasteiger partial charge in [-0.3, -0.25) is 19.2 Å². The number of hydrogen-bond donors (Lipinski definition) is 2. The van der Waals surface area contributed by atoms with E-state index in [1.807, 2.05) is 12.1 Å². The summed E-state index contributed by atoms with van der Waals surface area (Å²) in [5, 5.41) is 5.42.